The van der Waals surface area contributed by atoms with E-state index in [0.29, 0.717) is 25.7 Å². The van der Waals surface area contributed by atoms with Crippen LogP contribution in [0.3, 0.4) is 0 Å². The van der Waals surface area contributed by atoms with E-state index in [2.05, 4.69) is 35.8 Å². The molecule has 0 saturated carbocycles. The highest BCUT2D eigenvalue weighted by atomic mass is 79.9. The molecule has 2 N–H and O–H groups in total. The van der Waals surface area contributed by atoms with Crippen molar-refractivity contribution >= 4 is 15.9 Å². The third-order valence-corrected chi connectivity index (χ3v) is 4.20. The number of benzene rings is 1. The quantitative estimate of drug-likeness (QED) is 0.933. The third-order valence-electron chi connectivity index (χ3n) is 3.15. The number of rotatable bonds is 3. The van der Waals surface area contributed by atoms with E-state index in [1.807, 2.05) is 0 Å². The van der Waals surface area contributed by atoms with E-state index in [-0.39, 0.29) is 0 Å². The molecule has 0 bridgehead atoms. The van der Waals surface area contributed by atoms with Crippen LogP contribution in [0, 0.1) is 6.92 Å². The lowest BCUT2D eigenvalue weighted by Crippen LogP contribution is -2.17. The SMILES string of the molecule is Cc1c(Br)c(C(C)CCN)cc2c1OCCO2. The van der Waals surface area contributed by atoms with Crippen molar-refractivity contribution in [3.05, 3.63) is 21.7 Å². The lowest BCUT2D eigenvalue weighted by atomic mass is 9.95. The summed E-state index contributed by atoms with van der Waals surface area (Å²) >= 11 is 3.65. The van der Waals surface area contributed by atoms with Crippen LogP contribution >= 0.6 is 15.9 Å². The summed E-state index contributed by atoms with van der Waals surface area (Å²) < 4.78 is 12.4. The first-order chi connectivity index (χ1) is 8.15. The van der Waals surface area contributed by atoms with Gasteiger partial charge in [0, 0.05) is 10.0 Å². The van der Waals surface area contributed by atoms with Crippen LogP contribution in [0.2, 0.25) is 0 Å². The molecule has 94 valence electrons. The number of halogens is 1. The zero-order valence-corrected chi connectivity index (χ0v) is 11.8. The fourth-order valence-electron chi connectivity index (χ4n) is 2.12. The predicted molar refractivity (Wildman–Crippen MR) is 72.0 cm³/mol. The van der Waals surface area contributed by atoms with Crippen LogP contribution in [0.25, 0.3) is 0 Å². The summed E-state index contributed by atoms with van der Waals surface area (Å²) in [5.74, 6) is 2.14. The lowest BCUT2D eigenvalue weighted by molar-refractivity contribution is 0.170. The van der Waals surface area contributed by atoms with Crippen molar-refractivity contribution in [2.24, 2.45) is 5.73 Å². The summed E-state index contributed by atoms with van der Waals surface area (Å²) in [4.78, 5) is 0. The molecule has 2 rings (SSSR count). The minimum Gasteiger partial charge on any atom is -0.486 e. The molecule has 0 amide bonds. The Hall–Kier alpha value is -0.740. The lowest BCUT2D eigenvalue weighted by Gasteiger charge is -2.24. The molecule has 1 aromatic rings. The second kappa shape index (κ2) is 5.27. The van der Waals surface area contributed by atoms with E-state index in [1.165, 1.54) is 5.56 Å². The van der Waals surface area contributed by atoms with Crippen molar-refractivity contribution in [1.82, 2.24) is 0 Å². The summed E-state index contributed by atoms with van der Waals surface area (Å²) in [6.07, 6.45) is 0.970. The molecule has 1 atom stereocenters. The van der Waals surface area contributed by atoms with Gasteiger partial charge in [-0.15, -0.1) is 0 Å². The smallest absolute Gasteiger partial charge is 0.165 e. The van der Waals surface area contributed by atoms with E-state index in [4.69, 9.17) is 15.2 Å². The van der Waals surface area contributed by atoms with Gasteiger partial charge in [0.15, 0.2) is 11.5 Å². The molecule has 0 aliphatic carbocycles. The predicted octanol–water partition coefficient (Wildman–Crippen LogP) is 2.98. The minimum atomic E-state index is 0.420. The first-order valence-electron chi connectivity index (χ1n) is 5.93. The average Bonchev–Trinajstić information content (AvgIpc) is 2.34. The van der Waals surface area contributed by atoms with Crippen LogP contribution in [0.4, 0.5) is 0 Å². The molecule has 1 aliphatic heterocycles. The molecule has 4 heteroatoms. The van der Waals surface area contributed by atoms with E-state index in [1.54, 1.807) is 0 Å². The maximum atomic E-state index is 5.65. The summed E-state index contributed by atoms with van der Waals surface area (Å²) in [7, 11) is 0. The van der Waals surface area contributed by atoms with E-state index < -0.39 is 0 Å². The van der Waals surface area contributed by atoms with Gasteiger partial charge in [-0.05, 0) is 37.4 Å². The van der Waals surface area contributed by atoms with Crippen LogP contribution in [0.1, 0.15) is 30.4 Å². The number of nitrogens with two attached hydrogens (primary N) is 1. The molecular formula is C13H18BrNO2. The molecule has 1 aromatic carbocycles. The molecule has 1 aliphatic rings. The number of fused-ring (bicyclic) bond motifs is 1. The number of ether oxygens (including phenoxy) is 2. The highest BCUT2D eigenvalue weighted by molar-refractivity contribution is 9.10. The highest BCUT2D eigenvalue weighted by Gasteiger charge is 2.21. The summed E-state index contributed by atoms with van der Waals surface area (Å²) in [6, 6.07) is 2.08. The Labute approximate surface area is 110 Å². The second-order valence-electron chi connectivity index (χ2n) is 4.41. The number of hydrogen-bond acceptors (Lipinski definition) is 3. The monoisotopic (exact) mass is 299 g/mol. The van der Waals surface area contributed by atoms with Crippen LogP contribution in [-0.4, -0.2) is 19.8 Å². The van der Waals surface area contributed by atoms with Gasteiger partial charge in [0.25, 0.3) is 0 Å². The van der Waals surface area contributed by atoms with Crippen molar-refractivity contribution < 1.29 is 9.47 Å². The molecule has 0 saturated heterocycles. The Morgan fingerprint density at radius 1 is 1.41 bits per heavy atom. The van der Waals surface area contributed by atoms with Gasteiger partial charge < -0.3 is 15.2 Å². The summed E-state index contributed by atoms with van der Waals surface area (Å²) in [5, 5.41) is 0. The highest BCUT2D eigenvalue weighted by Crippen LogP contribution is 2.42. The molecule has 3 nitrogen and oxygen atoms in total. The zero-order valence-electron chi connectivity index (χ0n) is 10.3. The van der Waals surface area contributed by atoms with E-state index in [9.17, 15) is 0 Å². The van der Waals surface area contributed by atoms with Crippen molar-refractivity contribution in [3.8, 4) is 11.5 Å². The Morgan fingerprint density at radius 3 is 2.82 bits per heavy atom. The van der Waals surface area contributed by atoms with E-state index in [0.717, 1.165) is 28.0 Å². The zero-order chi connectivity index (χ0) is 12.4. The molecule has 17 heavy (non-hydrogen) atoms. The Kier molecular flexibility index (Phi) is 3.94. The molecule has 1 heterocycles. The normalized spacial score (nSPS) is 15.8. The first-order valence-corrected chi connectivity index (χ1v) is 6.73. The molecule has 1 unspecified atom stereocenters. The Morgan fingerprint density at radius 2 is 2.12 bits per heavy atom. The van der Waals surface area contributed by atoms with Gasteiger partial charge in [-0.2, -0.15) is 0 Å². The third kappa shape index (κ3) is 2.43. The average molecular weight is 300 g/mol. The van der Waals surface area contributed by atoms with Crippen LogP contribution in [0.15, 0.2) is 10.5 Å². The van der Waals surface area contributed by atoms with Gasteiger partial charge in [0.05, 0.1) is 0 Å². The Bertz CT molecular complexity index is 420. The van der Waals surface area contributed by atoms with Crippen molar-refractivity contribution in [2.45, 2.75) is 26.2 Å². The number of hydrogen-bond donors (Lipinski definition) is 1. The largest absolute Gasteiger partial charge is 0.486 e. The molecule has 0 radical (unpaired) electrons. The maximum Gasteiger partial charge on any atom is 0.165 e. The molecule has 0 aromatic heterocycles. The van der Waals surface area contributed by atoms with Gasteiger partial charge in [-0.3, -0.25) is 0 Å². The molecular weight excluding hydrogens is 282 g/mol. The minimum absolute atomic E-state index is 0.420. The van der Waals surface area contributed by atoms with Crippen molar-refractivity contribution in [3.63, 3.8) is 0 Å². The van der Waals surface area contributed by atoms with E-state index >= 15 is 0 Å². The van der Waals surface area contributed by atoms with Gasteiger partial charge in [0.2, 0.25) is 0 Å². The van der Waals surface area contributed by atoms with Crippen LogP contribution < -0.4 is 15.2 Å². The fraction of sp³-hybridized carbons (Fsp3) is 0.538. The van der Waals surface area contributed by atoms with Gasteiger partial charge in [0.1, 0.15) is 13.2 Å². The second-order valence-corrected chi connectivity index (χ2v) is 5.20. The van der Waals surface area contributed by atoms with Gasteiger partial charge >= 0.3 is 0 Å². The maximum absolute atomic E-state index is 5.65. The van der Waals surface area contributed by atoms with Crippen LogP contribution in [-0.2, 0) is 0 Å². The summed E-state index contributed by atoms with van der Waals surface area (Å²) in [6.45, 7) is 6.18. The fourth-order valence-corrected chi connectivity index (χ4v) is 2.80. The standard InChI is InChI=1S/C13H18BrNO2/c1-8(3-4-15)10-7-11-13(9(2)12(10)14)17-6-5-16-11/h7-8H,3-6,15H2,1-2H3. The van der Waals surface area contributed by atoms with Crippen molar-refractivity contribution in [1.29, 1.82) is 0 Å². The van der Waals surface area contributed by atoms with Crippen LogP contribution in [0.5, 0.6) is 11.5 Å². The summed E-state index contributed by atoms with van der Waals surface area (Å²) in [5.41, 5.74) is 7.98. The van der Waals surface area contributed by atoms with Crippen molar-refractivity contribution in [2.75, 3.05) is 19.8 Å². The molecule has 0 fully saturated rings. The van der Waals surface area contributed by atoms with Gasteiger partial charge in [-0.1, -0.05) is 22.9 Å². The van der Waals surface area contributed by atoms with Gasteiger partial charge in [-0.25, -0.2) is 0 Å². The topological polar surface area (TPSA) is 44.5 Å². The first kappa shape index (κ1) is 12.7. The molecule has 0 spiro atoms. The Balaban J connectivity index is 2.43.